The minimum Gasteiger partial charge on any atom is -0.477 e. The molecule has 3 aromatic rings. The van der Waals surface area contributed by atoms with Gasteiger partial charge in [0.15, 0.2) is 16.7 Å². The van der Waals surface area contributed by atoms with Crippen LogP contribution in [0, 0.1) is 6.92 Å². The fraction of sp³-hybridized carbons (Fsp3) is 0.375. The summed E-state index contributed by atoms with van der Waals surface area (Å²) >= 11 is 3.61. The van der Waals surface area contributed by atoms with Gasteiger partial charge in [-0.3, -0.25) is 24.7 Å². The van der Waals surface area contributed by atoms with Crippen molar-refractivity contribution in [3.05, 3.63) is 39.9 Å². The molecule has 2 aliphatic heterocycles. The molecule has 3 amide bonds. The van der Waals surface area contributed by atoms with E-state index in [1.165, 1.54) is 47.3 Å². The van der Waals surface area contributed by atoms with Crippen molar-refractivity contribution in [2.75, 3.05) is 17.2 Å². The maximum absolute atomic E-state index is 13.4. The van der Waals surface area contributed by atoms with E-state index in [4.69, 9.17) is 16.4 Å². The van der Waals surface area contributed by atoms with Gasteiger partial charge in [0, 0.05) is 22.6 Å². The molecule has 8 N–H and O–H groups in total. The minimum atomic E-state index is -1.56. The quantitative estimate of drug-likeness (QED) is 0.0270. The second-order valence-corrected chi connectivity index (χ2v) is 13.1. The largest absolute Gasteiger partial charge is 0.477 e. The average molecular weight is 678 g/mol. The Morgan fingerprint density at radius 1 is 1.29 bits per heavy atom. The molecule has 1 saturated heterocycles. The summed E-state index contributed by atoms with van der Waals surface area (Å²) in [6.45, 7) is 4.16. The standard InChI is InChI=1S/C24H27N11O7S3/c1-9-4-13(35-23(27-9)29-12(5-36)32-35)43-6-10-7-44-19-15(18(38)34(19)16(10)20(39)40)30-17(37)14(11-8-45-22(25)28-11)33-42-24(2,3)21(41)31-26/h4,8,15,19,36H,5-7,26H2,1-3H3,(H2,25,28)(H,30,37)(H,31,41)(H,39,40)/t15?,19-/m1/s1. The first-order valence-electron chi connectivity index (χ1n) is 13.0. The molecule has 3 aromatic heterocycles. The summed E-state index contributed by atoms with van der Waals surface area (Å²) in [6, 6.07) is 0.679. The third-order valence-corrected chi connectivity index (χ3v) is 9.64. The highest BCUT2D eigenvalue weighted by Crippen LogP contribution is 2.41. The van der Waals surface area contributed by atoms with E-state index in [2.05, 4.69) is 30.5 Å². The summed E-state index contributed by atoms with van der Waals surface area (Å²) in [5.41, 5.74) is 6.79. The number of hydrogen-bond donors (Lipinski definition) is 6. The number of nitrogens with zero attached hydrogens (tertiary/aromatic N) is 7. The number of hydrazine groups is 1. The summed E-state index contributed by atoms with van der Waals surface area (Å²) in [4.78, 5) is 70.0. The molecule has 45 heavy (non-hydrogen) atoms. The molecule has 0 radical (unpaired) electrons. The predicted octanol–water partition coefficient (Wildman–Crippen LogP) is -1.02. The fourth-order valence-corrected chi connectivity index (χ4v) is 7.39. The van der Waals surface area contributed by atoms with Crippen LogP contribution >= 0.6 is 34.9 Å². The number of hydrogen-bond acceptors (Lipinski definition) is 16. The molecule has 21 heteroatoms. The monoisotopic (exact) mass is 677 g/mol. The lowest BCUT2D eigenvalue weighted by Gasteiger charge is -2.49. The molecule has 0 saturated carbocycles. The number of thiazole rings is 1. The van der Waals surface area contributed by atoms with Gasteiger partial charge in [-0.2, -0.15) is 9.50 Å². The Morgan fingerprint density at radius 2 is 2.04 bits per heavy atom. The molecule has 0 spiro atoms. The van der Waals surface area contributed by atoms with Crippen molar-refractivity contribution < 1.29 is 34.2 Å². The Morgan fingerprint density at radius 3 is 2.69 bits per heavy atom. The number of amides is 3. The number of anilines is 1. The molecule has 238 valence electrons. The molecule has 0 aliphatic carbocycles. The molecule has 18 nitrogen and oxygen atoms in total. The predicted molar refractivity (Wildman–Crippen MR) is 162 cm³/mol. The van der Waals surface area contributed by atoms with Gasteiger partial charge in [0.25, 0.3) is 23.5 Å². The Bertz CT molecular complexity index is 1770. The van der Waals surface area contributed by atoms with Crippen LogP contribution in [-0.4, -0.2) is 97.6 Å². The third kappa shape index (κ3) is 6.29. The van der Waals surface area contributed by atoms with Crippen LogP contribution in [-0.2, 0) is 30.6 Å². The van der Waals surface area contributed by atoms with E-state index in [0.717, 1.165) is 16.2 Å². The number of aromatic nitrogens is 5. The number of rotatable bonds is 11. The summed E-state index contributed by atoms with van der Waals surface area (Å²) in [5.74, 6) is 2.66. The average Bonchev–Trinajstić information content (AvgIpc) is 3.63. The second-order valence-electron chi connectivity index (χ2n) is 10.1. The van der Waals surface area contributed by atoms with Crippen molar-refractivity contribution in [3.8, 4) is 0 Å². The Kier molecular flexibility index (Phi) is 8.98. The number of nitrogen functional groups attached to an aromatic ring is 1. The molecule has 2 aliphatic rings. The van der Waals surface area contributed by atoms with Crippen LogP contribution < -0.4 is 22.3 Å². The van der Waals surface area contributed by atoms with Crippen LogP contribution in [0.5, 0.6) is 0 Å². The van der Waals surface area contributed by atoms with E-state index in [0.29, 0.717) is 22.1 Å². The van der Waals surface area contributed by atoms with Crippen molar-refractivity contribution >= 4 is 75.2 Å². The number of oxime groups is 1. The normalized spacial score (nSPS) is 18.5. The van der Waals surface area contributed by atoms with Crippen LogP contribution in [0.2, 0.25) is 0 Å². The number of aryl methyl sites for hydroxylation is 1. The van der Waals surface area contributed by atoms with Gasteiger partial charge in [0.1, 0.15) is 34.4 Å². The molecule has 0 aromatic carbocycles. The minimum absolute atomic E-state index is 0.0447. The van der Waals surface area contributed by atoms with Crippen LogP contribution in [0.25, 0.3) is 5.78 Å². The van der Waals surface area contributed by atoms with Gasteiger partial charge in [-0.05, 0) is 32.4 Å². The molecule has 0 bridgehead atoms. The number of carbonyl (C=O) groups excluding carboxylic acids is 3. The first kappa shape index (κ1) is 32.1. The molecular weight excluding hydrogens is 651 g/mol. The smallest absolute Gasteiger partial charge is 0.352 e. The van der Waals surface area contributed by atoms with Crippen LogP contribution in [0.4, 0.5) is 5.13 Å². The van der Waals surface area contributed by atoms with E-state index in [1.807, 2.05) is 5.43 Å². The van der Waals surface area contributed by atoms with Gasteiger partial charge >= 0.3 is 5.97 Å². The zero-order valence-corrected chi connectivity index (χ0v) is 26.3. The molecular formula is C24H27N11O7S3. The zero-order valence-electron chi connectivity index (χ0n) is 23.9. The highest BCUT2D eigenvalue weighted by atomic mass is 32.2. The van der Waals surface area contributed by atoms with Gasteiger partial charge in [-0.15, -0.1) is 40.0 Å². The van der Waals surface area contributed by atoms with E-state index < -0.39 is 40.7 Å². The van der Waals surface area contributed by atoms with Crippen molar-refractivity contribution in [1.29, 1.82) is 0 Å². The zero-order chi connectivity index (χ0) is 32.6. The van der Waals surface area contributed by atoms with Crippen molar-refractivity contribution in [1.82, 2.24) is 40.2 Å². The number of thioether (sulfide) groups is 2. The van der Waals surface area contributed by atoms with E-state index in [9.17, 15) is 29.4 Å². The lowest BCUT2D eigenvalue weighted by atomic mass is 10.0. The van der Waals surface area contributed by atoms with Gasteiger partial charge in [-0.25, -0.2) is 20.6 Å². The lowest BCUT2D eigenvalue weighted by Crippen LogP contribution is -2.71. The highest BCUT2D eigenvalue weighted by Gasteiger charge is 2.54. The lowest BCUT2D eigenvalue weighted by molar-refractivity contribution is -0.150. The Labute approximate surface area is 266 Å². The number of carbonyl (C=O) groups is 4. The number of carboxylic acid groups (broad SMARTS) is 1. The van der Waals surface area contributed by atoms with Gasteiger partial charge < -0.3 is 26.1 Å². The number of β-lactam (4-membered cyclic amide) rings is 1. The van der Waals surface area contributed by atoms with Gasteiger partial charge in [0.2, 0.25) is 5.60 Å². The number of fused-ring (bicyclic) bond motifs is 2. The fourth-order valence-electron chi connectivity index (χ4n) is 4.31. The second kappa shape index (κ2) is 12.6. The van der Waals surface area contributed by atoms with Crippen LogP contribution in [0.1, 0.15) is 31.1 Å². The molecule has 5 heterocycles. The Balaban J connectivity index is 1.34. The van der Waals surface area contributed by atoms with Crippen molar-refractivity contribution in [2.24, 2.45) is 11.0 Å². The van der Waals surface area contributed by atoms with Crippen molar-refractivity contribution in [2.45, 2.75) is 49.4 Å². The van der Waals surface area contributed by atoms with Gasteiger partial charge in [-0.1, -0.05) is 5.16 Å². The molecule has 5 rings (SSSR count). The third-order valence-electron chi connectivity index (χ3n) is 6.55. The molecule has 1 unspecified atom stereocenters. The number of carboxylic acids is 1. The van der Waals surface area contributed by atoms with Crippen molar-refractivity contribution in [3.63, 3.8) is 0 Å². The summed E-state index contributed by atoms with van der Waals surface area (Å²) in [7, 11) is 0. The summed E-state index contributed by atoms with van der Waals surface area (Å²) < 4.78 is 1.46. The summed E-state index contributed by atoms with van der Waals surface area (Å²) in [5, 5.41) is 31.7. The first-order chi connectivity index (χ1) is 21.3. The highest BCUT2D eigenvalue weighted by molar-refractivity contribution is 8.01. The number of aliphatic hydroxyl groups is 1. The van der Waals surface area contributed by atoms with E-state index >= 15 is 0 Å². The van der Waals surface area contributed by atoms with E-state index in [1.54, 1.807) is 13.0 Å². The number of nitrogens with one attached hydrogen (secondary N) is 2. The maximum atomic E-state index is 13.4. The topological polar surface area (TPSA) is 266 Å². The van der Waals surface area contributed by atoms with Gasteiger partial charge in [0.05, 0.1) is 0 Å². The van der Waals surface area contributed by atoms with Crippen LogP contribution in [0.3, 0.4) is 0 Å². The Hall–Kier alpha value is -4.31. The number of aliphatic hydroxyl groups excluding tert-OH is 1. The molecule has 1 fully saturated rings. The maximum Gasteiger partial charge on any atom is 0.352 e. The summed E-state index contributed by atoms with van der Waals surface area (Å²) in [6.07, 6.45) is 0. The first-order valence-corrected chi connectivity index (χ1v) is 15.9. The van der Waals surface area contributed by atoms with Crippen LogP contribution in [0.15, 0.2) is 32.9 Å². The molecule has 2 atom stereocenters. The SMILES string of the molecule is Cc1cc(SCC2=C(C(=O)O)N3C(=O)C(NC(=O)C(=NOC(C)(C)C(=O)NN)c4csc(N)n4)[C@H]3SC2)n2nc(CO)nc2n1. The number of aliphatic carboxylic acids is 1. The van der Waals surface area contributed by atoms with E-state index in [-0.39, 0.29) is 46.2 Å². The number of nitrogens with two attached hydrogens (primary N) is 2.